The van der Waals surface area contributed by atoms with E-state index < -0.39 is 6.10 Å². The van der Waals surface area contributed by atoms with Crippen LogP contribution in [0.15, 0.2) is 30.3 Å². The van der Waals surface area contributed by atoms with E-state index in [0.29, 0.717) is 26.1 Å². The molecule has 5 nitrogen and oxygen atoms in total. The van der Waals surface area contributed by atoms with E-state index in [9.17, 15) is 9.90 Å². The van der Waals surface area contributed by atoms with E-state index in [-0.39, 0.29) is 12.1 Å². The molecule has 1 aliphatic rings. The highest BCUT2D eigenvalue weighted by atomic mass is 16.5. The summed E-state index contributed by atoms with van der Waals surface area (Å²) in [5.41, 5.74) is 1.05. The molecule has 1 aromatic carbocycles. The van der Waals surface area contributed by atoms with E-state index in [0.717, 1.165) is 5.56 Å². The Kier molecular flexibility index (Phi) is 4.76. The average molecular weight is 264 g/mol. The molecule has 104 valence electrons. The molecule has 0 aliphatic carbocycles. The number of aliphatic hydroxyl groups is 1. The lowest BCUT2D eigenvalue weighted by atomic mass is 10.2. The minimum atomic E-state index is -0.456. The van der Waals surface area contributed by atoms with Gasteiger partial charge >= 0.3 is 6.03 Å². The van der Waals surface area contributed by atoms with Crippen LogP contribution in [0.1, 0.15) is 12.0 Å². The summed E-state index contributed by atoms with van der Waals surface area (Å²) in [6.45, 7) is 1.32. The van der Waals surface area contributed by atoms with E-state index in [1.807, 2.05) is 30.3 Å². The topological polar surface area (TPSA) is 61.8 Å². The van der Waals surface area contributed by atoms with Crippen LogP contribution in [0.3, 0.4) is 0 Å². The van der Waals surface area contributed by atoms with Gasteiger partial charge in [0.05, 0.1) is 18.8 Å². The molecule has 1 fully saturated rings. The second kappa shape index (κ2) is 6.54. The third kappa shape index (κ3) is 3.68. The van der Waals surface area contributed by atoms with Gasteiger partial charge in [0.2, 0.25) is 0 Å². The Labute approximate surface area is 113 Å². The highest BCUT2D eigenvalue weighted by Crippen LogP contribution is 2.18. The van der Waals surface area contributed by atoms with Gasteiger partial charge in [0.25, 0.3) is 0 Å². The number of benzene rings is 1. The normalized spacial score (nSPS) is 22.5. The number of methoxy groups -OCH3 is 1. The van der Waals surface area contributed by atoms with E-state index in [1.54, 1.807) is 12.0 Å². The number of nitrogens with one attached hydrogen (secondary N) is 1. The lowest BCUT2D eigenvalue weighted by molar-refractivity contribution is 0.123. The molecule has 2 atom stereocenters. The summed E-state index contributed by atoms with van der Waals surface area (Å²) >= 11 is 0. The fraction of sp³-hybridized carbons (Fsp3) is 0.500. The van der Waals surface area contributed by atoms with E-state index in [4.69, 9.17) is 4.74 Å². The fourth-order valence-electron chi connectivity index (χ4n) is 2.37. The van der Waals surface area contributed by atoms with Crippen molar-refractivity contribution < 1.29 is 14.6 Å². The van der Waals surface area contributed by atoms with Gasteiger partial charge in [0.15, 0.2) is 0 Å². The minimum absolute atomic E-state index is 0.0456. The van der Waals surface area contributed by atoms with Crippen molar-refractivity contribution in [3.63, 3.8) is 0 Å². The number of β-amino-alcohol motifs (C(OH)–C–C–N with tert-alkyl or cyclic N) is 1. The number of aliphatic hydroxyl groups excluding tert-OH is 1. The predicted octanol–water partition coefficient (Wildman–Crippen LogP) is 0.978. The van der Waals surface area contributed by atoms with Gasteiger partial charge in [0, 0.05) is 20.2 Å². The van der Waals surface area contributed by atoms with Crippen LogP contribution in [0.2, 0.25) is 0 Å². The van der Waals surface area contributed by atoms with Gasteiger partial charge in [-0.2, -0.15) is 0 Å². The molecular weight excluding hydrogens is 244 g/mol. The van der Waals surface area contributed by atoms with Gasteiger partial charge < -0.3 is 20.1 Å². The van der Waals surface area contributed by atoms with Crippen molar-refractivity contribution >= 4 is 6.03 Å². The first-order valence-corrected chi connectivity index (χ1v) is 6.46. The summed E-state index contributed by atoms with van der Waals surface area (Å²) in [4.78, 5) is 13.7. The molecule has 0 radical (unpaired) electrons. The first-order chi connectivity index (χ1) is 9.20. The first-order valence-electron chi connectivity index (χ1n) is 6.46. The highest BCUT2D eigenvalue weighted by Gasteiger charge is 2.33. The van der Waals surface area contributed by atoms with E-state index in [2.05, 4.69) is 5.32 Å². The Balaban J connectivity index is 1.88. The van der Waals surface area contributed by atoms with Crippen LogP contribution in [0.5, 0.6) is 0 Å². The number of urea groups is 1. The zero-order valence-corrected chi connectivity index (χ0v) is 11.1. The Morgan fingerprint density at radius 3 is 2.89 bits per heavy atom. The number of carbonyl (C=O) groups excluding carboxylic acids is 1. The smallest absolute Gasteiger partial charge is 0.318 e. The summed E-state index contributed by atoms with van der Waals surface area (Å²) in [5.74, 6) is 0. The van der Waals surface area contributed by atoms with Crippen molar-refractivity contribution in [1.82, 2.24) is 10.2 Å². The molecule has 1 aliphatic heterocycles. The first kappa shape index (κ1) is 13.8. The Morgan fingerprint density at radius 2 is 2.21 bits per heavy atom. The fourth-order valence-corrected chi connectivity index (χ4v) is 2.37. The lowest BCUT2D eigenvalue weighted by Crippen LogP contribution is -2.44. The number of ether oxygens (including phenoxy) is 1. The quantitative estimate of drug-likeness (QED) is 0.852. The summed E-state index contributed by atoms with van der Waals surface area (Å²) in [5, 5.41) is 12.5. The maximum Gasteiger partial charge on any atom is 0.318 e. The van der Waals surface area contributed by atoms with Gasteiger partial charge in [-0.3, -0.25) is 0 Å². The maximum absolute atomic E-state index is 12.1. The van der Waals surface area contributed by atoms with Gasteiger partial charge in [0.1, 0.15) is 0 Å². The molecule has 0 bridgehead atoms. The molecule has 1 aromatic rings. The van der Waals surface area contributed by atoms with Crippen molar-refractivity contribution in [2.75, 3.05) is 20.3 Å². The third-order valence-electron chi connectivity index (χ3n) is 3.30. The molecule has 2 rings (SSSR count). The Hall–Kier alpha value is -1.59. The van der Waals surface area contributed by atoms with Gasteiger partial charge in [-0.15, -0.1) is 0 Å². The molecule has 0 aromatic heterocycles. The molecular formula is C14H20N2O3. The minimum Gasteiger partial charge on any atom is -0.391 e. The molecule has 0 spiro atoms. The summed E-state index contributed by atoms with van der Waals surface area (Å²) in [6.07, 6.45) is 0.120. The molecule has 19 heavy (non-hydrogen) atoms. The number of carbonyl (C=O) groups is 1. The van der Waals surface area contributed by atoms with Crippen molar-refractivity contribution in [3.8, 4) is 0 Å². The summed E-state index contributed by atoms with van der Waals surface area (Å²) in [6, 6.07) is 9.55. The maximum atomic E-state index is 12.1. The second-order valence-electron chi connectivity index (χ2n) is 4.80. The standard InChI is InChI=1S/C14H20N2O3/c1-19-10-12-7-13(17)9-16(12)14(18)15-8-11-5-3-2-4-6-11/h2-6,12-13,17H,7-10H2,1H3,(H,15,18)/t12-,13+/m0/s1. The van der Waals surface area contributed by atoms with Crippen molar-refractivity contribution in [3.05, 3.63) is 35.9 Å². The van der Waals surface area contributed by atoms with Crippen molar-refractivity contribution in [1.29, 1.82) is 0 Å². The second-order valence-corrected chi connectivity index (χ2v) is 4.80. The number of nitrogens with zero attached hydrogens (tertiary/aromatic N) is 1. The number of likely N-dealkylation sites (tertiary alicyclic amines) is 1. The van der Waals surface area contributed by atoms with Crippen LogP contribution in [-0.4, -0.2) is 48.4 Å². The summed E-state index contributed by atoms with van der Waals surface area (Å²) in [7, 11) is 1.60. The van der Waals surface area contributed by atoms with Crippen LogP contribution >= 0.6 is 0 Å². The van der Waals surface area contributed by atoms with E-state index >= 15 is 0 Å². The van der Waals surface area contributed by atoms with Crippen LogP contribution in [0, 0.1) is 0 Å². The molecule has 5 heteroatoms. The van der Waals surface area contributed by atoms with E-state index in [1.165, 1.54) is 0 Å². The lowest BCUT2D eigenvalue weighted by Gasteiger charge is -2.24. The molecule has 0 saturated carbocycles. The zero-order valence-electron chi connectivity index (χ0n) is 11.1. The monoisotopic (exact) mass is 264 g/mol. The summed E-state index contributed by atoms with van der Waals surface area (Å²) < 4.78 is 5.08. The van der Waals surface area contributed by atoms with Crippen molar-refractivity contribution in [2.24, 2.45) is 0 Å². The molecule has 2 N–H and O–H groups in total. The SMILES string of the molecule is COC[C@@H]1C[C@@H](O)CN1C(=O)NCc1ccccc1. The van der Waals surface area contributed by atoms with Gasteiger partial charge in [-0.1, -0.05) is 30.3 Å². The third-order valence-corrected chi connectivity index (χ3v) is 3.30. The number of hydrogen-bond donors (Lipinski definition) is 2. The molecule has 0 unspecified atom stereocenters. The Bertz CT molecular complexity index is 410. The largest absolute Gasteiger partial charge is 0.391 e. The average Bonchev–Trinajstić information content (AvgIpc) is 2.79. The molecule has 1 heterocycles. The number of rotatable bonds is 4. The van der Waals surface area contributed by atoms with Crippen LogP contribution < -0.4 is 5.32 Å². The van der Waals surface area contributed by atoms with Crippen LogP contribution in [0.25, 0.3) is 0 Å². The molecule has 2 amide bonds. The Morgan fingerprint density at radius 1 is 1.47 bits per heavy atom. The van der Waals surface area contributed by atoms with Gasteiger partial charge in [-0.05, 0) is 12.0 Å². The highest BCUT2D eigenvalue weighted by molar-refractivity contribution is 5.75. The van der Waals surface area contributed by atoms with Crippen LogP contribution in [-0.2, 0) is 11.3 Å². The number of hydrogen-bond acceptors (Lipinski definition) is 3. The van der Waals surface area contributed by atoms with Gasteiger partial charge in [-0.25, -0.2) is 4.79 Å². The van der Waals surface area contributed by atoms with Crippen molar-refractivity contribution in [2.45, 2.75) is 25.1 Å². The zero-order chi connectivity index (χ0) is 13.7. The van der Waals surface area contributed by atoms with Crippen LogP contribution in [0.4, 0.5) is 4.79 Å². The number of amides is 2. The predicted molar refractivity (Wildman–Crippen MR) is 71.7 cm³/mol. The molecule has 1 saturated heterocycles.